The number of nitrogens with two attached hydrogens (primary N) is 1. The van der Waals surface area contributed by atoms with Crippen molar-refractivity contribution in [2.45, 2.75) is 13.3 Å². The summed E-state index contributed by atoms with van der Waals surface area (Å²) in [6.07, 6.45) is 1.10. The summed E-state index contributed by atoms with van der Waals surface area (Å²) < 4.78 is 0. The lowest BCUT2D eigenvalue weighted by molar-refractivity contribution is -0.0979. The number of rotatable bonds is 1. The highest BCUT2D eigenvalue weighted by Crippen LogP contribution is 1.57. The van der Waals surface area contributed by atoms with Crippen molar-refractivity contribution in [1.82, 2.24) is 0 Å². The van der Waals surface area contributed by atoms with Crippen molar-refractivity contribution >= 4 is 6.79 Å². The predicted molar refractivity (Wildman–Crippen MR) is 26.5 cm³/mol. The van der Waals surface area contributed by atoms with Crippen LogP contribution in [0.2, 0.25) is 0 Å². The van der Waals surface area contributed by atoms with Crippen LogP contribution in [-0.2, 0) is 4.79 Å². The maximum absolute atomic E-state index is 8.00. The summed E-state index contributed by atoms with van der Waals surface area (Å²) in [5.41, 5.74) is 5.03. The van der Waals surface area contributed by atoms with Crippen LogP contribution in [0.25, 0.3) is 0 Å². The molecule has 0 bridgehead atoms. The van der Waals surface area contributed by atoms with E-state index in [9.17, 15) is 0 Å². The third-order valence-corrected chi connectivity index (χ3v) is 0.289. The standard InChI is InChI=1S/C3H9N.CH2O/c1-2-3-4;1-2/h2-4H2,1H3;1H2. The quantitative estimate of drug-likeness (QED) is 0.497. The molecule has 0 spiro atoms. The van der Waals surface area contributed by atoms with E-state index in [0.717, 1.165) is 13.0 Å². The fraction of sp³-hybridized carbons (Fsp3) is 0.750. The minimum absolute atomic E-state index is 0.819. The van der Waals surface area contributed by atoms with Crippen molar-refractivity contribution in [2.24, 2.45) is 5.73 Å². The molecule has 2 N–H and O–H groups in total. The summed E-state index contributed by atoms with van der Waals surface area (Å²) in [6, 6.07) is 0. The zero-order valence-electron chi connectivity index (χ0n) is 4.11. The molecule has 0 aliphatic carbocycles. The molecule has 0 unspecified atom stereocenters. The second-order valence-electron chi connectivity index (χ2n) is 0.789. The molecule has 0 aliphatic heterocycles. The molecule has 2 nitrogen and oxygen atoms in total. The highest BCUT2D eigenvalue weighted by molar-refractivity contribution is 5.10. The third kappa shape index (κ3) is 63.3. The Hall–Kier alpha value is -0.370. The van der Waals surface area contributed by atoms with Gasteiger partial charge in [0.2, 0.25) is 0 Å². The molecule has 6 heavy (non-hydrogen) atoms. The summed E-state index contributed by atoms with van der Waals surface area (Å²) in [7, 11) is 0. The average Bonchev–Trinajstić information content (AvgIpc) is 1.72. The molecular weight excluding hydrogens is 78.0 g/mol. The first kappa shape index (κ1) is 9.16. The molecule has 0 aromatic carbocycles. The van der Waals surface area contributed by atoms with Gasteiger partial charge in [-0.1, -0.05) is 6.92 Å². The van der Waals surface area contributed by atoms with Crippen LogP contribution in [0.3, 0.4) is 0 Å². The maximum Gasteiger partial charge on any atom is 0.106 e. The van der Waals surface area contributed by atoms with Crippen LogP contribution in [0.4, 0.5) is 0 Å². The molecule has 2 heteroatoms. The first-order chi connectivity index (χ1) is 2.91. The molecule has 0 heterocycles. The predicted octanol–water partition coefficient (Wildman–Crippen LogP) is 0.170. The summed E-state index contributed by atoms with van der Waals surface area (Å²) in [6.45, 7) is 4.88. The molecule has 0 fully saturated rings. The normalized spacial score (nSPS) is 5.67. The van der Waals surface area contributed by atoms with Crippen molar-refractivity contribution < 1.29 is 4.79 Å². The van der Waals surface area contributed by atoms with Crippen LogP contribution in [0, 0.1) is 0 Å². The number of carbonyl (C=O) groups excluding carboxylic acids is 1. The van der Waals surface area contributed by atoms with Gasteiger partial charge in [0.05, 0.1) is 0 Å². The zero-order chi connectivity index (χ0) is 5.41. The highest BCUT2D eigenvalue weighted by Gasteiger charge is 1.55. The second kappa shape index (κ2) is 23.0. The number of hydrogen-bond acceptors (Lipinski definition) is 2. The van der Waals surface area contributed by atoms with Crippen LogP contribution < -0.4 is 5.73 Å². The van der Waals surface area contributed by atoms with Crippen LogP contribution in [0.5, 0.6) is 0 Å². The van der Waals surface area contributed by atoms with Gasteiger partial charge in [0.1, 0.15) is 6.79 Å². The molecule has 0 amide bonds. The van der Waals surface area contributed by atoms with Gasteiger partial charge in [-0.15, -0.1) is 0 Å². The van der Waals surface area contributed by atoms with E-state index >= 15 is 0 Å². The molecule has 38 valence electrons. The summed E-state index contributed by atoms with van der Waals surface area (Å²) >= 11 is 0. The minimum Gasteiger partial charge on any atom is -0.330 e. The van der Waals surface area contributed by atoms with Crippen molar-refractivity contribution in [1.29, 1.82) is 0 Å². The first-order valence-corrected chi connectivity index (χ1v) is 1.90. The fourth-order valence-electron chi connectivity index (χ4n) is 0. The molecular formula is C4H11NO. The summed E-state index contributed by atoms with van der Waals surface area (Å²) in [4.78, 5) is 8.00. The Balaban J connectivity index is 0. The SMILES string of the molecule is C=O.CCCN. The molecule has 0 aromatic heterocycles. The molecule has 0 aromatic rings. The van der Waals surface area contributed by atoms with E-state index in [4.69, 9.17) is 10.5 Å². The molecule has 0 radical (unpaired) electrons. The largest absolute Gasteiger partial charge is 0.330 e. The van der Waals surface area contributed by atoms with E-state index < -0.39 is 0 Å². The van der Waals surface area contributed by atoms with Gasteiger partial charge in [-0.2, -0.15) is 0 Å². The van der Waals surface area contributed by atoms with Gasteiger partial charge in [0, 0.05) is 0 Å². The number of carbonyl (C=O) groups is 1. The van der Waals surface area contributed by atoms with Gasteiger partial charge in [-0.3, -0.25) is 0 Å². The van der Waals surface area contributed by atoms with Crippen LogP contribution in [0.15, 0.2) is 0 Å². The first-order valence-electron chi connectivity index (χ1n) is 1.90. The summed E-state index contributed by atoms with van der Waals surface area (Å²) in [5, 5.41) is 0. The Morgan fingerprint density at radius 3 is 1.83 bits per heavy atom. The zero-order valence-corrected chi connectivity index (χ0v) is 4.11. The van der Waals surface area contributed by atoms with Crippen molar-refractivity contribution in [3.63, 3.8) is 0 Å². The summed E-state index contributed by atoms with van der Waals surface area (Å²) in [5.74, 6) is 0. The van der Waals surface area contributed by atoms with Crippen molar-refractivity contribution in [3.05, 3.63) is 0 Å². The van der Waals surface area contributed by atoms with E-state index in [0.29, 0.717) is 0 Å². The van der Waals surface area contributed by atoms with Gasteiger partial charge in [0.25, 0.3) is 0 Å². The van der Waals surface area contributed by atoms with Crippen molar-refractivity contribution in [3.8, 4) is 0 Å². The molecule has 0 rings (SSSR count). The monoisotopic (exact) mass is 89.1 g/mol. The lowest BCUT2D eigenvalue weighted by Gasteiger charge is -1.70. The lowest BCUT2D eigenvalue weighted by Crippen LogP contribution is -1.93. The Morgan fingerprint density at radius 1 is 1.67 bits per heavy atom. The van der Waals surface area contributed by atoms with E-state index in [-0.39, 0.29) is 0 Å². The molecule has 0 aliphatic rings. The Kier molecular flexibility index (Phi) is 35.1. The minimum atomic E-state index is 0.819. The Labute approximate surface area is 38.3 Å². The number of hydrogen-bond donors (Lipinski definition) is 1. The van der Waals surface area contributed by atoms with Gasteiger partial charge < -0.3 is 10.5 Å². The second-order valence-corrected chi connectivity index (χ2v) is 0.789. The average molecular weight is 89.1 g/mol. The maximum atomic E-state index is 8.00. The van der Waals surface area contributed by atoms with E-state index in [1.54, 1.807) is 0 Å². The van der Waals surface area contributed by atoms with Gasteiger partial charge >= 0.3 is 0 Å². The van der Waals surface area contributed by atoms with Gasteiger partial charge in [-0.05, 0) is 13.0 Å². The molecule has 0 saturated heterocycles. The molecule has 0 atom stereocenters. The van der Waals surface area contributed by atoms with E-state index in [2.05, 4.69) is 6.92 Å². The fourth-order valence-corrected chi connectivity index (χ4v) is 0. The van der Waals surface area contributed by atoms with Gasteiger partial charge in [0.15, 0.2) is 0 Å². The topological polar surface area (TPSA) is 43.1 Å². The van der Waals surface area contributed by atoms with E-state index in [1.165, 1.54) is 0 Å². The van der Waals surface area contributed by atoms with Crippen LogP contribution >= 0.6 is 0 Å². The Morgan fingerprint density at radius 2 is 1.83 bits per heavy atom. The lowest BCUT2D eigenvalue weighted by atomic mass is 10.5. The third-order valence-electron chi connectivity index (χ3n) is 0.289. The van der Waals surface area contributed by atoms with Crippen molar-refractivity contribution in [2.75, 3.05) is 6.54 Å². The smallest absolute Gasteiger partial charge is 0.106 e. The van der Waals surface area contributed by atoms with Gasteiger partial charge in [-0.25, -0.2) is 0 Å². The highest BCUT2D eigenvalue weighted by atomic mass is 16.1. The van der Waals surface area contributed by atoms with Crippen LogP contribution in [-0.4, -0.2) is 13.3 Å². The molecule has 0 saturated carbocycles. The Bertz CT molecular complexity index is 15.0. The van der Waals surface area contributed by atoms with Crippen LogP contribution in [0.1, 0.15) is 13.3 Å². The van der Waals surface area contributed by atoms with E-state index in [1.807, 2.05) is 6.79 Å².